The number of rotatable bonds is 5. The monoisotopic (exact) mass is 302 g/mol. The van der Waals surface area contributed by atoms with Crippen LogP contribution in [0.25, 0.3) is 0 Å². The fraction of sp³-hybridized carbons (Fsp3) is 0.211. The van der Waals surface area contributed by atoms with E-state index in [1.807, 2.05) is 35.0 Å². The van der Waals surface area contributed by atoms with Crippen LogP contribution in [0.15, 0.2) is 54.6 Å². The molecule has 0 bridgehead atoms. The predicted molar refractivity (Wildman–Crippen MR) is 88.9 cm³/mol. The molecule has 0 saturated heterocycles. The minimum absolute atomic E-state index is 0.425. The van der Waals surface area contributed by atoms with Crippen LogP contribution < -0.4 is 0 Å². The Morgan fingerprint density at radius 2 is 1.74 bits per heavy atom. The van der Waals surface area contributed by atoms with Crippen LogP contribution in [0, 0.1) is 18.3 Å². The summed E-state index contributed by atoms with van der Waals surface area (Å²) in [7, 11) is 0. The average Bonchev–Trinajstić information content (AvgIpc) is 2.98. The van der Waals surface area contributed by atoms with Gasteiger partial charge >= 0.3 is 0 Å². The van der Waals surface area contributed by atoms with Crippen molar-refractivity contribution in [3.8, 4) is 6.07 Å². The van der Waals surface area contributed by atoms with Crippen molar-refractivity contribution >= 4 is 0 Å². The molecule has 0 aliphatic rings. The van der Waals surface area contributed by atoms with E-state index in [0.717, 1.165) is 18.5 Å². The van der Waals surface area contributed by atoms with E-state index in [9.17, 15) is 5.26 Å². The normalized spacial score (nSPS) is 10.4. The van der Waals surface area contributed by atoms with Gasteiger partial charge in [-0.2, -0.15) is 5.26 Å². The Balaban J connectivity index is 1.83. The molecule has 1 heterocycles. The Hall–Kier alpha value is -2.93. The van der Waals surface area contributed by atoms with Crippen LogP contribution in [0.2, 0.25) is 0 Å². The highest BCUT2D eigenvalue weighted by atomic mass is 15.4. The van der Waals surface area contributed by atoms with E-state index >= 15 is 0 Å². The van der Waals surface area contributed by atoms with Gasteiger partial charge in [0.15, 0.2) is 5.69 Å². The first-order valence-corrected chi connectivity index (χ1v) is 7.69. The summed E-state index contributed by atoms with van der Waals surface area (Å²) in [6.07, 6.45) is 1.63. The topological polar surface area (TPSA) is 54.5 Å². The van der Waals surface area contributed by atoms with Gasteiger partial charge in [0.2, 0.25) is 0 Å². The lowest BCUT2D eigenvalue weighted by Crippen LogP contribution is -2.09. The Kier molecular flexibility index (Phi) is 4.49. The number of nitriles is 1. The van der Waals surface area contributed by atoms with Gasteiger partial charge in [0.25, 0.3) is 0 Å². The Morgan fingerprint density at radius 3 is 2.48 bits per heavy atom. The molecule has 3 aromatic rings. The van der Waals surface area contributed by atoms with Gasteiger partial charge in [-0.1, -0.05) is 59.8 Å². The Morgan fingerprint density at radius 1 is 1.00 bits per heavy atom. The SMILES string of the molecule is Cc1ccccc1Cn1nnc(C#N)c1CCc1ccccc1. The first kappa shape index (κ1) is 15.0. The molecular weight excluding hydrogens is 284 g/mol. The summed E-state index contributed by atoms with van der Waals surface area (Å²) in [6.45, 7) is 2.73. The number of aromatic nitrogens is 3. The van der Waals surface area contributed by atoms with Crippen molar-refractivity contribution in [3.63, 3.8) is 0 Å². The molecule has 0 radical (unpaired) electrons. The van der Waals surface area contributed by atoms with Crippen LogP contribution in [0.3, 0.4) is 0 Å². The maximum atomic E-state index is 9.28. The summed E-state index contributed by atoms with van der Waals surface area (Å²) < 4.78 is 1.85. The van der Waals surface area contributed by atoms with E-state index in [0.29, 0.717) is 12.2 Å². The molecule has 114 valence electrons. The third kappa shape index (κ3) is 3.46. The fourth-order valence-corrected chi connectivity index (χ4v) is 2.65. The van der Waals surface area contributed by atoms with Crippen molar-refractivity contribution < 1.29 is 0 Å². The van der Waals surface area contributed by atoms with Crippen molar-refractivity contribution in [1.29, 1.82) is 5.26 Å². The highest BCUT2D eigenvalue weighted by Gasteiger charge is 2.13. The lowest BCUT2D eigenvalue weighted by Gasteiger charge is -2.09. The molecule has 3 rings (SSSR count). The zero-order chi connectivity index (χ0) is 16.1. The van der Waals surface area contributed by atoms with Crippen molar-refractivity contribution in [2.24, 2.45) is 0 Å². The van der Waals surface area contributed by atoms with Crippen LogP contribution >= 0.6 is 0 Å². The largest absolute Gasteiger partial charge is 0.244 e. The second-order valence-electron chi connectivity index (χ2n) is 5.57. The number of hydrogen-bond donors (Lipinski definition) is 0. The predicted octanol–water partition coefficient (Wildman–Crippen LogP) is 3.29. The minimum atomic E-state index is 0.425. The number of hydrogen-bond acceptors (Lipinski definition) is 3. The molecule has 4 heteroatoms. The van der Waals surface area contributed by atoms with Crippen molar-refractivity contribution in [2.45, 2.75) is 26.3 Å². The molecule has 23 heavy (non-hydrogen) atoms. The van der Waals surface area contributed by atoms with Crippen LogP contribution in [0.5, 0.6) is 0 Å². The second-order valence-corrected chi connectivity index (χ2v) is 5.57. The molecule has 0 aliphatic carbocycles. The van der Waals surface area contributed by atoms with Gasteiger partial charge < -0.3 is 0 Å². The van der Waals surface area contributed by atoms with E-state index in [-0.39, 0.29) is 0 Å². The van der Waals surface area contributed by atoms with Gasteiger partial charge in [-0.05, 0) is 36.5 Å². The van der Waals surface area contributed by atoms with E-state index in [1.54, 1.807) is 0 Å². The third-order valence-corrected chi connectivity index (χ3v) is 4.02. The summed E-state index contributed by atoms with van der Waals surface area (Å²) in [5, 5.41) is 17.5. The van der Waals surface area contributed by atoms with E-state index in [2.05, 4.69) is 47.6 Å². The van der Waals surface area contributed by atoms with Gasteiger partial charge in [0, 0.05) is 0 Å². The number of nitrogens with zero attached hydrogens (tertiary/aromatic N) is 4. The molecule has 4 nitrogen and oxygen atoms in total. The molecular formula is C19H18N4. The summed E-state index contributed by atoms with van der Waals surface area (Å²) in [4.78, 5) is 0. The van der Waals surface area contributed by atoms with Crippen LogP contribution in [-0.4, -0.2) is 15.0 Å². The molecule has 0 saturated carbocycles. The zero-order valence-electron chi connectivity index (χ0n) is 13.1. The second kappa shape index (κ2) is 6.89. The van der Waals surface area contributed by atoms with Crippen molar-refractivity contribution in [2.75, 3.05) is 0 Å². The first-order valence-electron chi connectivity index (χ1n) is 7.69. The number of benzene rings is 2. The van der Waals surface area contributed by atoms with Gasteiger partial charge in [0.1, 0.15) is 6.07 Å². The smallest absolute Gasteiger partial charge is 0.185 e. The zero-order valence-corrected chi connectivity index (χ0v) is 13.1. The van der Waals surface area contributed by atoms with Crippen molar-refractivity contribution in [1.82, 2.24) is 15.0 Å². The average molecular weight is 302 g/mol. The molecule has 0 fully saturated rings. The van der Waals surface area contributed by atoms with E-state index < -0.39 is 0 Å². The summed E-state index contributed by atoms with van der Waals surface area (Å²) in [5.41, 5.74) is 4.99. The molecule has 0 amide bonds. The van der Waals surface area contributed by atoms with Gasteiger partial charge in [-0.15, -0.1) is 5.10 Å². The van der Waals surface area contributed by atoms with E-state index in [4.69, 9.17) is 0 Å². The summed E-state index contributed by atoms with van der Waals surface area (Å²) >= 11 is 0. The minimum Gasteiger partial charge on any atom is -0.244 e. The van der Waals surface area contributed by atoms with Crippen LogP contribution in [-0.2, 0) is 19.4 Å². The van der Waals surface area contributed by atoms with E-state index in [1.165, 1.54) is 16.7 Å². The molecule has 0 aliphatic heterocycles. The van der Waals surface area contributed by atoms with Gasteiger partial charge in [-0.25, -0.2) is 4.68 Å². The maximum absolute atomic E-state index is 9.28. The summed E-state index contributed by atoms with van der Waals surface area (Å²) in [5.74, 6) is 0. The first-order chi connectivity index (χ1) is 11.3. The molecule has 0 atom stereocenters. The summed E-state index contributed by atoms with van der Waals surface area (Å²) in [6, 6.07) is 20.6. The van der Waals surface area contributed by atoms with Gasteiger partial charge in [-0.3, -0.25) is 0 Å². The fourth-order valence-electron chi connectivity index (χ4n) is 2.65. The lowest BCUT2D eigenvalue weighted by atomic mass is 10.1. The molecule has 0 N–H and O–H groups in total. The maximum Gasteiger partial charge on any atom is 0.185 e. The highest BCUT2D eigenvalue weighted by molar-refractivity contribution is 5.29. The highest BCUT2D eigenvalue weighted by Crippen LogP contribution is 2.14. The molecule has 2 aromatic carbocycles. The molecule has 0 unspecified atom stereocenters. The van der Waals surface area contributed by atoms with Gasteiger partial charge in [0.05, 0.1) is 12.2 Å². The lowest BCUT2D eigenvalue weighted by molar-refractivity contribution is 0.614. The number of aryl methyl sites for hydroxylation is 2. The van der Waals surface area contributed by atoms with Crippen LogP contribution in [0.1, 0.15) is 28.1 Å². The third-order valence-electron chi connectivity index (χ3n) is 4.02. The Bertz CT molecular complexity index is 828. The van der Waals surface area contributed by atoms with Crippen molar-refractivity contribution in [3.05, 3.63) is 82.7 Å². The molecule has 1 aromatic heterocycles. The molecule has 0 spiro atoms. The quantitative estimate of drug-likeness (QED) is 0.726. The Labute approximate surface area is 136 Å². The standard InChI is InChI=1S/C19H18N4/c1-15-7-5-6-10-17(15)14-23-19(18(13-20)21-22-23)12-11-16-8-3-2-4-9-16/h2-10H,11-12,14H2,1H3. The van der Waals surface area contributed by atoms with Crippen LogP contribution in [0.4, 0.5) is 0 Å².